The summed E-state index contributed by atoms with van der Waals surface area (Å²) in [5.74, 6) is 0.916. The summed E-state index contributed by atoms with van der Waals surface area (Å²) in [6.07, 6.45) is 2.29. The molecule has 3 nitrogen and oxygen atoms in total. The molecule has 1 aromatic rings. The van der Waals surface area contributed by atoms with Crippen molar-refractivity contribution < 1.29 is 9.52 Å². The van der Waals surface area contributed by atoms with Crippen LogP contribution in [-0.2, 0) is 6.42 Å². The van der Waals surface area contributed by atoms with Crippen LogP contribution in [0.5, 0.6) is 0 Å². The van der Waals surface area contributed by atoms with Crippen molar-refractivity contribution in [3.8, 4) is 0 Å². The second-order valence-electron chi connectivity index (χ2n) is 3.41. The van der Waals surface area contributed by atoms with Crippen molar-refractivity contribution >= 4 is 15.9 Å². The van der Waals surface area contributed by atoms with E-state index in [9.17, 15) is 5.11 Å². The fourth-order valence-electron chi connectivity index (χ4n) is 1.56. The molecule has 0 aliphatic carbocycles. The van der Waals surface area contributed by atoms with E-state index < -0.39 is 0 Å². The number of hydrogen-bond acceptors (Lipinski definition) is 3. The zero-order valence-electron chi connectivity index (χ0n) is 7.66. The zero-order chi connectivity index (χ0) is 9.97. The van der Waals surface area contributed by atoms with Gasteiger partial charge in [0.1, 0.15) is 5.76 Å². The summed E-state index contributed by atoms with van der Waals surface area (Å²) in [4.78, 5) is 0. The molecule has 0 amide bonds. The van der Waals surface area contributed by atoms with Crippen LogP contribution in [0.1, 0.15) is 5.76 Å². The Morgan fingerprint density at radius 1 is 1.57 bits per heavy atom. The molecule has 1 aliphatic heterocycles. The summed E-state index contributed by atoms with van der Waals surface area (Å²) < 4.78 is 6.14. The highest BCUT2D eigenvalue weighted by molar-refractivity contribution is 9.10. The summed E-state index contributed by atoms with van der Waals surface area (Å²) in [5, 5.41) is 12.5. The predicted octanol–water partition coefficient (Wildman–Crippen LogP) is 1.48. The Hall–Kier alpha value is -0.580. The van der Waals surface area contributed by atoms with Gasteiger partial charge in [-0.25, -0.2) is 0 Å². The predicted molar refractivity (Wildman–Crippen MR) is 57.1 cm³/mol. The molecule has 0 bridgehead atoms. The maximum Gasteiger partial charge on any atom is 0.169 e. The molecule has 2 heterocycles. The minimum atomic E-state index is -0.364. The van der Waals surface area contributed by atoms with Crippen molar-refractivity contribution in [3.63, 3.8) is 0 Å². The second kappa shape index (κ2) is 4.29. The van der Waals surface area contributed by atoms with Gasteiger partial charge in [0.2, 0.25) is 0 Å². The Morgan fingerprint density at radius 2 is 2.43 bits per heavy atom. The van der Waals surface area contributed by atoms with Crippen LogP contribution < -0.4 is 5.32 Å². The van der Waals surface area contributed by atoms with E-state index in [1.807, 2.05) is 18.2 Å². The lowest BCUT2D eigenvalue weighted by Gasteiger charge is -2.17. The molecule has 0 spiro atoms. The SMILES string of the molecule is OC1C=C(Cc2ccc(Br)o2)CNC1. The molecule has 1 unspecified atom stereocenters. The van der Waals surface area contributed by atoms with Crippen LogP contribution in [0.2, 0.25) is 0 Å². The highest BCUT2D eigenvalue weighted by atomic mass is 79.9. The van der Waals surface area contributed by atoms with Crippen molar-refractivity contribution in [2.45, 2.75) is 12.5 Å². The highest BCUT2D eigenvalue weighted by Gasteiger charge is 2.11. The second-order valence-corrected chi connectivity index (χ2v) is 4.19. The average Bonchev–Trinajstić information content (AvgIpc) is 2.51. The fraction of sp³-hybridized carbons (Fsp3) is 0.400. The number of rotatable bonds is 2. The first-order valence-electron chi connectivity index (χ1n) is 4.56. The lowest BCUT2D eigenvalue weighted by molar-refractivity contribution is 0.212. The molecule has 14 heavy (non-hydrogen) atoms. The lowest BCUT2D eigenvalue weighted by Crippen LogP contribution is -2.32. The number of β-amino-alcohol motifs (C(OH)–C–C–N with tert-alkyl or cyclic N) is 1. The third-order valence-electron chi connectivity index (χ3n) is 2.16. The average molecular weight is 258 g/mol. The first-order chi connectivity index (χ1) is 6.74. The summed E-state index contributed by atoms with van der Waals surface area (Å²) in [5.41, 5.74) is 1.17. The van der Waals surface area contributed by atoms with E-state index in [4.69, 9.17) is 4.42 Å². The summed E-state index contributed by atoms with van der Waals surface area (Å²) >= 11 is 3.26. The van der Waals surface area contributed by atoms with E-state index >= 15 is 0 Å². The van der Waals surface area contributed by atoms with Gasteiger partial charge in [0.05, 0.1) is 6.10 Å². The van der Waals surface area contributed by atoms with Gasteiger partial charge in [-0.2, -0.15) is 0 Å². The molecule has 0 saturated carbocycles. The van der Waals surface area contributed by atoms with Crippen LogP contribution in [0.15, 0.2) is 32.9 Å². The Labute approximate surface area is 90.9 Å². The van der Waals surface area contributed by atoms with Gasteiger partial charge in [0, 0.05) is 19.5 Å². The monoisotopic (exact) mass is 257 g/mol. The molecule has 0 radical (unpaired) electrons. The number of halogens is 1. The Balaban J connectivity index is 2.03. The van der Waals surface area contributed by atoms with Crippen LogP contribution >= 0.6 is 15.9 Å². The van der Waals surface area contributed by atoms with E-state index in [0.717, 1.165) is 23.4 Å². The van der Waals surface area contributed by atoms with Crippen molar-refractivity contribution in [2.24, 2.45) is 0 Å². The van der Waals surface area contributed by atoms with E-state index in [1.165, 1.54) is 5.57 Å². The van der Waals surface area contributed by atoms with E-state index in [-0.39, 0.29) is 6.10 Å². The molecule has 76 valence electrons. The smallest absolute Gasteiger partial charge is 0.169 e. The summed E-state index contributed by atoms with van der Waals surface area (Å²) in [7, 11) is 0. The molecule has 2 N–H and O–H groups in total. The van der Waals surface area contributed by atoms with Crippen LogP contribution in [0, 0.1) is 0 Å². The molecular formula is C10H12BrNO2. The Kier molecular flexibility index (Phi) is 3.05. The molecule has 4 heteroatoms. The van der Waals surface area contributed by atoms with Crippen LogP contribution in [-0.4, -0.2) is 24.3 Å². The molecule has 1 atom stereocenters. The van der Waals surface area contributed by atoms with Crippen LogP contribution in [0.25, 0.3) is 0 Å². The molecule has 1 aliphatic rings. The Bertz CT molecular complexity index is 346. The minimum Gasteiger partial charge on any atom is -0.454 e. The third-order valence-corrected chi connectivity index (χ3v) is 2.59. The molecule has 0 aromatic carbocycles. The fourth-order valence-corrected chi connectivity index (χ4v) is 1.90. The summed E-state index contributed by atoms with van der Waals surface area (Å²) in [6, 6.07) is 3.81. The van der Waals surface area contributed by atoms with Gasteiger partial charge >= 0.3 is 0 Å². The Morgan fingerprint density at radius 3 is 3.07 bits per heavy atom. The van der Waals surface area contributed by atoms with Crippen molar-refractivity contribution in [3.05, 3.63) is 34.2 Å². The molecule has 0 fully saturated rings. The first-order valence-corrected chi connectivity index (χ1v) is 5.36. The third kappa shape index (κ3) is 2.47. The van der Waals surface area contributed by atoms with Gasteiger partial charge < -0.3 is 14.8 Å². The van der Waals surface area contributed by atoms with E-state index in [0.29, 0.717) is 6.54 Å². The topological polar surface area (TPSA) is 45.4 Å². The van der Waals surface area contributed by atoms with Crippen LogP contribution in [0.3, 0.4) is 0 Å². The van der Waals surface area contributed by atoms with Gasteiger partial charge in [-0.15, -0.1) is 0 Å². The van der Waals surface area contributed by atoms with Gasteiger partial charge in [-0.1, -0.05) is 11.6 Å². The number of furan rings is 1. The number of hydrogen-bond donors (Lipinski definition) is 2. The van der Waals surface area contributed by atoms with Crippen LogP contribution in [0.4, 0.5) is 0 Å². The summed E-state index contributed by atoms with van der Waals surface area (Å²) in [6.45, 7) is 1.47. The lowest BCUT2D eigenvalue weighted by atomic mass is 10.1. The zero-order valence-corrected chi connectivity index (χ0v) is 9.25. The maximum absolute atomic E-state index is 9.38. The number of aliphatic hydroxyl groups is 1. The molecular weight excluding hydrogens is 246 g/mol. The highest BCUT2D eigenvalue weighted by Crippen LogP contribution is 2.17. The number of aliphatic hydroxyl groups excluding tert-OH is 1. The maximum atomic E-state index is 9.38. The largest absolute Gasteiger partial charge is 0.454 e. The van der Waals surface area contributed by atoms with Crippen molar-refractivity contribution in [2.75, 3.05) is 13.1 Å². The van der Waals surface area contributed by atoms with Gasteiger partial charge in [-0.3, -0.25) is 0 Å². The first kappa shape index (κ1) is 9.96. The van der Waals surface area contributed by atoms with Gasteiger partial charge in [0.25, 0.3) is 0 Å². The minimum absolute atomic E-state index is 0.364. The quantitative estimate of drug-likeness (QED) is 0.790. The van der Waals surface area contributed by atoms with Gasteiger partial charge in [0.15, 0.2) is 4.67 Å². The standard InChI is InChI=1S/C10H12BrNO2/c11-10-2-1-9(14-10)4-7-3-8(13)6-12-5-7/h1-3,8,12-13H,4-6H2. The van der Waals surface area contributed by atoms with Gasteiger partial charge in [-0.05, 0) is 28.1 Å². The van der Waals surface area contributed by atoms with Crippen molar-refractivity contribution in [1.29, 1.82) is 0 Å². The normalized spacial score (nSPS) is 22.1. The van der Waals surface area contributed by atoms with E-state index in [1.54, 1.807) is 0 Å². The van der Waals surface area contributed by atoms with Crippen molar-refractivity contribution in [1.82, 2.24) is 5.32 Å². The van der Waals surface area contributed by atoms with E-state index in [2.05, 4.69) is 21.2 Å². The molecule has 0 saturated heterocycles. The number of nitrogens with one attached hydrogen (secondary N) is 1. The molecule has 2 rings (SSSR count). The molecule has 1 aromatic heterocycles.